The molecule has 0 amide bonds. The average Bonchev–Trinajstić information content (AvgIpc) is 2.68. The van der Waals surface area contributed by atoms with Crippen LogP contribution < -0.4 is 10.9 Å². The van der Waals surface area contributed by atoms with E-state index in [9.17, 15) is 9.59 Å². The van der Waals surface area contributed by atoms with Crippen LogP contribution in [0.1, 0.15) is 28.4 Å². The third kappa shape index (κ3) is 3.47. The zero-order chi connectivity index (χ0) is 19.0. The van der Waals surface area contributed by atoms with Gasteiger partial charge in [0.15, 0.2) is 5.11 Å². The molecule has 1 fully saturated rings. The van der Waals surface area contributed by atoms with E-state index in [-0.39, 0.29) is 11.5 Å². The highest BCUT2D eigenvalue weighted by atomic mass is 32.1. The second-order valence-electron chi connectivity index (χ2n) is 7.10. The van der Waals surface area contributed by atoms with Crippen LogP contribution in [0.4, 0.5) is 5.69 Å². The van der Waals surface area contributed by atoms with Crippen LogP contribution in [-0.2, 0) is 11.3 Å². The maximum Gasteiger partial charge on any atom is 0.337 e. The van der Waals surface area contributed by atoms with Gasteiger partial charge in [-0.05, 0) is 54.9 Å². The van der Waals surface area contributed by atoms with Crippen molar-refractivity contribution in [2.75, 3.05) is 25.5 Å². The SMILES string of the molecule is COC(=O)c1ccc(NC(=S)N2C[C@@H]3C[C@H](C2)c2cccc(=O)n2C3)cc1. The summed E-state index contributed by atoms with van der Waals surface area (Å²) in [5.74, 6) is 0.368. The highest BCUT2D eigenvalue weighted by molar-refractivity contribution is 7.80. The van der Waals surface area contributed by atoms with Crippen LogP contribution in [0.3, 0.4) is 0 Å². The summed E-state index contributed by atoms with van der Waals surface area (Å²) in [7, 11) is 1.36. The van der Waals surface area contributed by atoms with Gasteiger partial charge in [-0.2, -0.15) is 0 Å². The number of pyridine rings is 1. The van der Waals surface area contributed by atoms with E-state index < -0.39 is 0 Å². The fourth-order valence-corrected chi connectivity index (χ4v) is 4.34. The number of carbonyl (C=O) groups is 1. The molecule has 2 atom stereocenters. The normalized spacial score (nSPS) is 20.6. The minimum absolute atomic E-state index is 0.0852. The Morgan fingerprint density at radius 1 is 1.15 bits per heavy atom. The van der Waals surface area contributed by atoms with Gasteiger partial charge in [0.25, 0.3) is 5.56 Å². The minimum Gasteiger partial charge on any atom is -0.465 e. The molecule has 1 saturated heterocycles. The van der Waals surface area contributed by atoms with Gasteiger partial charge in [0.2, 0.25) is 0 Å². The number of carbonyl (C=O) groups excluding carboxylic acids is 1. The van der Waals surface area contributed by atoms with Crippen LogP contribution in [-0.4, -0.2) is 40.7 Å². The van der Waals surface area contributed by atoms with Crippen LogP contribution in [0.2, 0.25) is 0 Å². The molecule has 27 heavy (non-hydrogen) atoms. The van der Waals surface area contributed by atoms with E-state index >= 15 is 0 Å². The number of thiocarbonyl (C=S) groups is 1. The molecule has 0 saturated carbocycles. The maximum atomic E-state index is 12.1. The Morgan fingerprint density at radius 2 is 1.93 bits per heavy atom. The Labute approximate surface area is 162 Å². The number of aromatic nitrogens is 1. The zero-order valence-electron chi connectivity index (χ0n) is 15.1. The molecule has 0 radical (unpaired) electrons. The summed E-state index contributed by atoms with van der Waals surface area (Å²) in [4.78, 5) is 25.8. The second-order valence-corrected chi connectivity index (χ2v) is 7.49. The fraction of sp³-hybridized carbons (Fsp3) is 0.350. The molecule has 0 aliphatic carbocycles. The van der Waals surface area contributed by atoms with Gasteiger partial charge in [-0.25, -0.2) is 4.79 Å². The first-order chi connectivity index (χ1) is 13.0. The number of piperidine rings is 1. The molecule has 7 heteroatoms. The molecular formula is C20H21N3O3S. The number of likely N-dealkylation sites (tertiary alicyclic amines) is 1. The lowest BCUT2D eigenvalue weighted by atomic mass is 9.83. The number of methoxy groups -OCH3 is 1. The molecule has 2 aromatic rings. The van der Waals surface area contributed by atoms with Crippen molar-refractivity contribution < 1.29 is 9.53 Å². The molecule has 6 nitrogen and oxygen atoms in total. The maximum absolute atomic E-state index is 12.1. The number of hydrogen-bond donors (Lipinski definition) is 1. The first-order valence-electron chi connectivity index (χ1n) is 8.99. The van der Waals surface area contributed by atoms with Crippen molar-refractivity contribution in [3.05, 3.63) is 64.1 Å². The Morgan fingerprint density at radius 3 is 2.67 bits per heavy atom. The van der Waals surface area contributed by atoms with Crippen molar-refractivity contribution >= 4 is 29.0 Å². The van der Waals surface area contributed by atoms with E-state index in [1.807, 2.05) is 28.8 Å². The van der Waals surface area contributed by atoms with Gasteiger partial charge < -0.3 is 19.5 Å². The number of esters is 1. The monoisotopic (exact) mass is 383 g/mol. The summed E-state index contributed by atoms with van der Waals surface area (Å²) < 4.78 is 6.63. The predicted octanol–water partition coefficient (Wildman–Crippen LogP) is 2.45. The van der Waals surface area contributed by atoms with Crippen LogP contribution in [0, 0.1) is 5.92 Å². The van der Waals surface area contributed by atoms with Gasteiger partial charge in [0, 0.05) is 43.0 Å². The topological polar surface area (TPSA) is 63.6 Å². The van der Waals surface area contributed by atoms with E-state index in [0.717, 1.165) is 37.4 Å². The van der Waals surface area contributed by atoms with Crippen molar-refractivity contribution in [2.24, 2.45) is 5.92 Å². The molecule has 1 N–H and O–H groups in total. The summed E-state index contributed by atoms with van der Waals surface area (Å²) in [6, 6.07) is 12.6. The number of benzene rings is 1. The molecule has 1 aromatic heterocycles. The smallest absolute Gasteiger partial charge is 0.337 e. The van der Waals surface area contributed by atoms with Crippen molar-refractivity contribution in [3.8, 4) is 0 Å². The molecule has 0 unspecified atom stereocenters. The minimum atomic E-state index is -0.359. The van der Waals surface area contributed by atoms with Crippen molar-refractivity contribution in [3.63, 3.8) is 0 Å². The number of hydrogen-bond acceptors (Lipinski definition) is 4. The van der Waals surface area contributed by atoms with Gasteiger partial charge in [0.05, 0.1) is 12.7 Å². The largest absolute Gasteiger partial charge is 0.465 e. The molecule has 0 spiro atoms. The Balaban J connectivity index is 1.46. The summed E-state index contributed by atoms with van der Waals surface area (Å²) in [6.45, 7) is 2.38. The average molecular weight is 383 g/mol. The highest BCUT2D eigenvalue weighted by Gasteiger charge is 2.35. The summed E-state index contributed by atoms with van der Waals surface area (Å²) >= 11 is 5.62. The summed E-state index contributed by atoms with van der Waals surface area (Å²) in [5, 5.41) is 3.93. The molecule has 1 aromatic carbocycles. The number of fused-ring (bicyclic) bond motifs is 4. The molecule has 2 bridgehead atoms. The predicted molar refractivity (Wildman–Crippen MR) is 107 cm³/mol. The Kier molecular flexibility index (Phi) is 4.70. The fourth-order valence-electron chi connectivity index (χ4n) is 4.07. The molecule has 3 heterocycles. The summed E-state index contributed by atoms with van der Waals surface area (Å²) in [5.41, 5.74) is 2.53. The van der Waals surface area contributed by atoms with Crippen molar-refractivity contribution in [2.45, 2.75) is 18.9 Å². The van der Waals surface area contributed by atoms with Crippen molar-refractivity contribution in [1.29, 1.82) is 0 Å². The second kappa shape index (κ2) is 7.15. The van der Waals surface area contributed by atoms with Gasteiger partial charge in [0.1, 0.15) is 0 Å². The van der Waals surface area contributed by atoms with Crippen LogP contribution in [0.15, 0.2) is 47.3 Å². The number of ether oxygens (including phenoxy) is 1. The van der Waals surface area contributed by atoms with Gasteiger partial charge in [-0.1, -0.05) is 6.07 Å². The number of nitrogens with zero attached hydrogens (tertiary/aromatic N) is 2. The third-order valence-corrected chi connectivity index (χ3v) is 5.68. The van der Waals surface area contributed by atoms with Crippen molar-refractivity contribution in [1.82, 2.24) is 9.47 Å². The lowest BCUT2D eigenvalue weighted by Crippen LogP contribution is -2.50. The van der Waals surface area contributed by atoms with Gasteiger partial charge >= 0.3 is 5.97 Å². The molecule has 4 rings (SSSR count). The lowest BCUT2D eigenvalue weighted by Gasteiger charge is -2.43. The van der Waals surface area contributed by atoms with E-state index in [1.54, 1.807) is 18.2 Å². The van der Waals surface area contributed by atoms with Crippen LogP contribution in [0.25, 0.3) is 0 Å². The highest BCUT2D eigenvalue weighted by Crippen LogP contribution is 2.35. The Hall–Kier alpha value is -2.67. The van der Waals surface area contributed by atoms with Gasteiger partial charge in [-0.15, -0.1) is 0 Å². The molecule has 140 valence electrons. The number of rotatable bonds is 2. The van der Waals surface area contributed by atoms with Gasteiger partial charge in [-0.3, -0.25) is 4.79 Å². The summed E-state index contributed by atoms with van der Waals surface area (Å²) in [6.07, 6.45) is 1.09. The standard InChI is InChI=1S/C20H21N3O3S/c1-26-19(25)14-5-7-16(8-6-14)21-20(27)22-10-13-9-15(12-22)17-3-2-4-18(24)23(17)11-13/h2-8,13,15H,9-12H2,1H3,(H,21,27)/t13-,15+/m0/s1. The van der Waals surface area contributed by atoms with E-state index in [1.165, 1.54) is 7.11 Å². The third-order valence-electron chi connectivity index (χ3n) is 5.32. The van der Waals surface area contributed by atoms with E-state index in [2.05, 4.69) is 10.2 Å². The molecule has 2 aliphatic heterocycles. The quantitative estimate of drug-likeness (QED) is 0.635. The first kappa shape index (κ1) is 17.7. The number of nitrogens with one attached hydrogen (secondary N) is 1. The van der Waals surface area contributed by atoms with Crippen LogP contribution >= 0.6 is 12.2 Å². The first-order valence-corrected chi connectivity index (χ1v) is 9.40. The number of anilines is 1. The van der Waals surface area contributed by atoms with Crippen LogP contribution in [0.5, 0.6) is 0 Å². The lowest BCUT2D eigenvalue weighted by molar-refractivity contribution is 0.0601. The zero-order valence-corrected chi connectivity index (χ0v) is 15.9. The van der Waals surface area contributed by atoms with E-state index in [4.69, 9.17) is 17.0 Å². The molecular weight excluding hydrogens is 362 g/mol. The van der Waals surface area contributed by atoms with E-state index in [0.29, 0.717) is 22.5 Å². The Bertz CT molecular complexity index is 938. The molecule has 2 aliphatic rings.